The number of carbonyl (C=O) groups excluding carboxylic acids is 1. The number of nitrogens with zero attached hydrogens (tertiary/aromatic N) is 2. The van der Waals surface area contributed by atoms with Gasteiger partial charge in [-0.25, -0.2) is 4.98 Å². The molecule has 100 valence electrons. The zero-order valence-electron chi connectivity index (χ0n) is 11.0. The van der Waals surface area contributed by atoms with E-state index in [1.165, 1.54) is 5.56 Å². The maximum Gasteiger partial charge on any atom is 0.207 e. The number of nitrogens with one attached hydrogen (secondary N) is 1. The van der Waals surface area contributed by atoms with Gasteiger partial charge in [-0.05, 0) is 17.7 Å². The van der Waals surface area contributed by atoms with Gasteiger partial charge in [0.1, 0.15) is 5.82 Å². The number of imidazole rings is 1. The van der Waals surface area contributed by atoms with Crippen molar-refractivity contribution in [1.29, 1.82) is 0 Å². The summed E-state index contributed by atoms with van der Waals surface area (Å²) in [5.74, 6) is 0.863. The van der Waals surface area contributed by atoms with Crippen LogP contribution in [-0.2, 0) is 17.9 Å². The molecule has 0 saturated carbocycles. The Hall–Kier alpha value is -2.62. The molecule has 0 aliphatic heterocycles. The summed E-state index contributed by atoms with van der Waals surface area (Å²) in [6.45, 7) is 1.18. The molecule has 4 nitrogen and oxygen atoms in total. The minimum atomic E-state index is 0.436. The molecule has 20 heavy (non-hydrogen) atoms. The summed E-state index contributed by atoms with van der Waals surface area (Å²) in [4.78, 5) is 15.1. The van der Waals surface area contributed by atoms with Crippen LogP contribution in [0.2, 0.25) is 0 Å². The van der Waals surface area contributed by atoms with Crippen molar-refractivity contribution >= 4 is 17.4 Å². The van der Waals surface area contributed by atoms with Crippen molar-refractivity contribution in [3.05, 3.63) is 66.0 Å². The molecule has 3 rings (SSSR count). The highest BCUT2D eigenvalue weighted by Gasteiger charge is 2.10. The third-order valence-electron chi connectivity index (χ3n) is 3.26. The Morgan fingerprint density at radius 3 is 2.60 bits per heavy atom. The van der Waals surface area contributed by atoms with Crippen LogP contribution in [0.4, 0.5) is 0 Å². The molecule has 1 aromatic heterocycles. The Balaban J connectivity index is 2.03. The molecular weight excluding hydrogens is 250 g/mol. The molecule has 0 aliphatic rings. The summed E-state index contributed by atoms with van der Waals surface area (Å²) in [7, 11) is 0. The third-order valence-corrected chi connectivity index (χ3v) is 3.26. The Kier molecular flexibility index (Phi) is 3.46. The first-order chi connectivity index (χ1) is 9.88. The molecule has 0 fully saturated rings. The first-order valence-electron chi connectivity index (χ1n) is 6.53. The maximum absolute atomic E-state index is 10.5. The number of rotatable bonds is 5. The summed E-state index contributed by atoms with van der Waals surface area (Å²) in [5.41, 5.74) is 3.24. The van der Waals surface area contributed by atoms with Crippen molar-refractivity contribution in [3.63, 3.8) is 0 Å². The number of benzene rings is 2. The van der Waals surface area contributed by atoms with Crippen LogP contribution in [0.3, 0.4) is 0 Å². The van der Waals surface area contributed by atoms with Gasteiger partial charge in [0.25, 0.3) is 0 Å². The summed E-state index contributed by atoms with van der Waals surface area (Å²) < 4.78 is 2.14. The van der Waals surface area contributed by atoms with Gasteiger partial charge >= 0.3 is 0 Å². The molecule has 3 aromatic rings. The van der Waals surface area contributed by atoms with Crippen LogP contribution in [0.25, 0.3) is 11.0 Å². The highest BCUT2D eigenvalue weighted by molar-refractivity contribution is 5.76. The SMILES string of the molecule is O=CNCc1nc2ccccc2n1Cc1ccccc1. The van der Waals surface area contributed by atoms with E-state index in [2.05, 4.69) is 33.1 Å². The van der Waals surface area contributed by atoms with Gasteiger partial charge in [0.2, 0.25) is 6.41 Å². The average Bonchev–Trinajstić information content (AvgIpc) is 2.84. The van der Waals surface area contributed by atoms with Crippen LogP contribution in [0.1, 0.15) is 11.4 Å². The van der Waals surface area contributed by atoms with Gasteiger partial charge in [-0.3, -0.25) is 4.79 Å². The lowest BCUT2D eigenvalue weighted by molar-refractivity contribution is -0.109. The average molecular weight is 265 g/mol. The summed E-state index contributed by atoms with van der Waals surface area (Å²) in [6, 6.07) is 18.2. The van der Waals surface area contributed by atoms with Crippen molar-refractivity contribution in [2.24, 2.45) is 0 Å². The summed E-state index contributed by atoms with van der Waals surface area (Å²) >= 11 is 0. The van der Waals surface area contributed by atoms with Gasteiger partial charge in [0.15, 0.2) is 0 Å². The lowest BCUT2D eigenvalue weighted by Gasteiger charge is -2.09. The quantitative estimate of drug-likeness (QED) is 0.720. The van der Waals surface area contributed by atoms with Crippen LogP contribution in [0.5, 0.6) is 0 Å². The number of hydrogen-bond acceptors (Lipinski definition) is 2. The maximum atomic E-state index is 10.5. The predicted octanol–water partition coefficient (Wildman–Crippen LogP) is 2.33. The largest absolute Gasteiger partial charge is 0.351 e. The van der Waals surface area contributed by atoms with Gasteiger partial charge < -0.3 is 9.88 Å². The summed E-state index contributed by atoms with van der Waals surface area (Å²) in [5, 5.41) is 2.69. The fraction of sp³-hybridized carbons (Fsp3) is 0.125. The van der Waals surface area contributed by atoms with Gasteiger partial charge in [-0.2, -0.15) is 0 Å². The van der Waals surface area contributed by atoms with Gasteiger partial charge in [0.05, 0.1) is 17.6 Å². The Labute approximate surface area is 117 Å². The molecule has 1 N–H and O–H groups in total. The molecule has 0 unspecified atom stereocenters. The van der Waals surface area contributed by atoms with E-state index >= 15 is 0 Å². The van der Waals surface area contributed by atoms with Gasteiger partial charge in [-0.1, -0.05) is 42.5 Å². The number of para-hydroxylation sites is 2. The fourth-order valence-electron chi connectivity index (χ4n) is 2.34. The second kappa shape index (κ2) is 5.57. The van der Waals surface area contributed by atoms with E-state index in [0.717, 1.165) is 23.4 Å². The topological polar surface area (TPSA) is 46.9 Å². The molecule has 0 aliphatic carbocycles. The Morgan fingerprint density at radius 2 is 1.80 bits per heavy atom. The van der Waals surface area contributed by atoms with Crippen LogP contribution < -0.4 is 5.32 Å². The Morgan fingerprint density at radius 1 is 1.05 bits per heavy atom. The first-order valence-corrected chi connectivity index (χ1v) is 6.53. The molecule has 0 spiro atoms. The number of amides is 1. The van der Waals surface area contributed by atoms with Crippen LogP contribution in [-0.4, -0.2) is 16.0 Å². The summed E-state index contributed by atoms with van der Waals surface area (Å²) in [6.07, 6.45) is 0.701. The third kappa shape index (κ3) is 2.40. The van der Waals surface area contributed by atoms with Crippen LogP contribution in [0.15, 0.2) is 54.6 Å². The molecule has 1 amide bonds. The predicted molar refractivity (Wildman–Crippen MR) is 78.2 cm³/mol. The second-order valence-corrected chi connectivity index (χ2v) is 4.59. The van der Waals surface area contributed by atoms with E-state index in [1.807, 2.05) is 36.4 Å². The second-order valence-electron chi connectivity index (χ2n) is 4.59. The van der Waals surface area contributed by atoms with Crippen molar-refractivity contribution in [2.75, 3.05) is 0 Å². The fourth-order valence-corrected chi connectivity index (χ4v) is 2.34. The number of fused-ring (bicyclic) bond motifs is 1. The smallest absolute Gasteiger partial charge is 0.207 e. The first kappa shape index (κ1) is 12.4. The van der Waals surface area contributed by atoms with Crippen LogP contribution >= 0.6 is 0 Å². The Bertz CT molecular complexity index is 719. The molecule has 0 atom stereocenters. The lowest BCUT2D eigenvalue weighted by Crippen LogP contribution is -2.15. The van der Waals surface area contributed by atoms with E-state index in [1.54, 1.807) is 0 Å². The molecule has 1 heterocycles. The lowest BCUT2D eigenvalue weighted by atomic mass is 10.2. The van der Waals surface area contributed by atoms with Crippen molar-refractivity contribution in [2.45, 2.75) is 13.1 Å². The van der Waals surface area contributed by atoms with E-state index < -0.39 is 0 Å². The molecule has 0 radical (unpaired) electrons. The van der Waals surface area contributed by atoms with E-state index in [-0.39, 0.29) is 0 Å². The van der Waals surface area contributed by atoms with E-state index in [9.17, 15) is 4.79 Å². The van der Waals surface area contributed by atoms with Crippen molar-refractivity contribution < 1.29 is 4.79 Å². The zero-order chi connectivity index (χ0) is 13.8. The minimum Gasteiger partial charge on any atom is -0.351 e. The zero-order valence-corrected chi connectivity index (χ0v) is 11.0. The van der Waals surface area contributed by atoms with Crippen molar-refractivity contribution in [3.8, 4) is 0 Å². The van der Waals surface area contributed by atoms with E-state index in [4.69, 9.17) is 0 Å². The monoisotopic (exact) mass is 265 g/mol. The highest BCUT2D eigenvalue weighted by atomic mass is 16.1. The van der Waals surface area contributed by atoms with E-state index in [0.29, 0.717) is 13.0 Å². The number of aromatic nitrogens is 2. The molecule has 0 bridgehead atoms. The standard InChI is InChI=1S/C16H15N3O/c20-12-17-10-16-18-14-8-4-5-9-15(14)19(16)11-13-6-2-1-3-7-13/h1-9,12H,10-11H2,(H,17,20). The molecule has 2 aromatic carbocycles. The van der Waals surface area contributed by atoms with Gasteiger partial charge in [0, 0.05) is 6.54 Å². The number of hydrogen-bond donors (Lipinski definition) is 1. The van der Waals surface area contributed by atoms with Gasteiger partial charge in [-0.15, -0.1) is 0 Å². The molecular formula is C16H15N3O. The molecule has 4 heteroatoms. The highest BCUT2D eigenvalue weighted by Crippen LogP contribution is 2.17. The normalized spacial score (nSPS) is 10.6. The number of carbonyl (C=O) groups is 1. The van der Waals surface area contributed by atoms with Crippen LogP contribution in [0, 0.1) is 0 Å². The molecule has 0 saturated heterocycles. The van der Waals surface area contributed by atoms with Crippen molar-refractivity contribution in [1.82, 2.24) is 14.9 Å². The minimum absolute atomic E-state index is 0.436.